The average Bonchev–Trinajstić information content (AvgIpc) is 2.77. The third-order valence-electron chi connectivity index (χ3n) is 3.39. The molecule has 0 atom stereocenters. The van der Waals surface area contributed by atoms with E-state index in [1.54, 1.807) is 12.1 Å². The van der Waals surface area contributed by atoms with Crippen LogP contribution in [-0.4, -0.2) is 20.6 Å². The number of carboxylic acids is 1. The minimum atomic E-state index is -0.952. The molecule has 0 aliphatic carbocycles. The van der Waals surface area contributed by atoms with E-state index in [2.05, 4.69) is 34.8 Å². The lowest BCUT2D eigenvalue weighted by molar-refractivity contribution is 0.0696. The zero-order chi connectivity index (χ0) is 14.1. The highest BCUT2D eigenvalue weighted by Gasteiger charge is 2.07. The van der Waals surface area contributed by atoms with Gasteiger partial charge in [-0.2, -0.15) is 0 Å². The fraction of sp³-hybridized carbons (Fsp3) is 0.125. The van der Waals surface area contributed by atoms with Crippen molar-refractivity contribution in [3.05, 3.63) is 65.6 Å². The summed E-state index contributed by atoms with van der Waals surface area (Å²) in [5.41, 5.74) is 3.44. The van der Waals surface area contributed by atoms with Gasteiger partial charge >= 0.3 is 5.97 Å². The first-order valence-corrected chi connectivity index (χ1v) is 6.38. The van der Waals surface area contributed by atoms with Crippen molar-refractivity contribution in [1.29, 1.82) is 0 Å². The Morgan fingerprint density at radius 1 is 1.25 bits per heavy atom. The van der Waals surface area contributed by atoms with Gasteiger partial charge in [0, 0.05) is 23.3 Å². The Kier molecular flexibility index (Phi) is 2.99. The number of aryl methyl sites for hydroxylation is 1. The minimum Gasteiger partial charge on any atom is -0.478 e. The molecule has 0 bridgehead atoms. The van der Waals surface area contributed by atoms with Crippen LogP contribution in [0.2, 0.25) is 0 Å². The van der Waals surface area contributed by atoms with Crippen LogP contribution in [0.15, 0.2) is 48.8 Å². The van der Waals surface area contributed by atoms with Crippen molar-refractivity contribution >= 4 is 16.9 Å². The summed E-state index contributed by atoms with van der Waals surface area (Å²) < 4.78 is 2.13. The second-order valence-corrected chi connectivity index (χ2v) is 4.80. The number of aromatic nitrogens is 2. The van der Waals surface area contributed by atoms with Crippen LogP contribution in [-0.2, 0) is 6.54 Å². The lowest BCUT2D eigenvalue weighted by Gasteiger charge is -2.05. The quantitative estimate of drug-likeness (QED) is 0.792. The fourth-order valence-corrected chi connectivity index (χ4v) is 2.38. The summed E-state index contributed by atoms with van der Waals surface area (Å²) in [5.74, 6) is -0.952. The Hall–Kier alpha value is -2.62. The third kappa shape index (κ3) is 2.16. The molecule has 2 heterocycles. The maximum Gasteiger partial charge on any atom is 0.337 e. The van der Waals surface area contributed by atoms with Crippen molar-refractivity contribution in [1.82, 2.24) is 9.55 Å². The van der Waals surface area contributed by atoms with Gasteiger partial charge in [-0.15, -0.1) is 0 Å². The van der Waals surface area contributed by atoms with Gasteiger partial charge in [-0.3, -0.25) is 4.98 Å². The Balaban J connectivity index is 1.95. The normalized spacial score (nSPS) is 10.8. The molecule has 100 valence electrons. The standard InChI is InChI=1S/C16H14N2O2/c1-11-9-18(15-5-3-2-4-14(11)15)10-13-7-6-12(8-17-13)16(19)20/h2-9H,10H2,1H3,(H,19,20). The molecule has 1 N–H and O–H groups in total. The molecule has 0 aliphatic heterocycles. The molecule has 0 unspecified atom stereocenters. The van der Waals surface area contributed by atoms with Crippen molar-refractivity contribution in [3.63, 3.8) is 0 Å². The molecular weight excluding hydrogens is 252 g/mol. The summed E-state index contributed by atoms with van der Waals surface area (Å²) in [5, 5.41) is 10.1. The molecule has 3 aromatic rings. The number of nitrogens with zero attached hydrogens (tertiary/aromatic N) is 2. The number of pyridine rings is 1. The number of hydrogen-bond acceptors (Lipinski definition) is 2. The molecule has 0 aliphatic rings. The Labute approximate surface area is 116 Å². The van der Waals surface area contributed by atoms with E-state index in [0.29, 0.717) is 6.54 Å². The van der Waals surface area contributed by atoms with Crippen molar-refractivity contribution in [3.8, 4) is 0 Å². The second-order valence-electron chi connectivity index (χ2n) is 4.80. The smallest absolute Gasteiger partial charge is 0.337 e. The second kappa shape index (κ2) is 4.81. The van der Waals surface area contributed by atoms with E-state index in [-0.39, 0.29) is 5.56 Å². The highest BCUT2D eigenvalue weighted by Crippen LogP contribution is 2.21. The molecule has 0 saturated heterocycles. The van der Waals surface area contributed by atoms with Crippen molar-refractivity contribution in [2.75, 3.05) is 0 Å². The molecular formula is C16H14N2O2. The Bertz CT molecular complexity index is 773. The van der Waals surface area contributed by atoms with Gasteiger partial charge in [-0.1, -0.05) is 18.2 Å². The van der Waals surface area contributed by atoms with E-state index >= 15 is 0 Å². The molecule has 0 saturated carbocycles. The molecule has 2 aromatic heterocycles. The predicted molar refractivity (Wildman–Crippen MR) is 77.0 cm³/mol. The van der Waals surface area contributed by atoms with Crippen LogP contribution in [0.5, 0.6) is 0 Å². The Morgan fingerprint density at radius 2 is 2.05 bits per heavy atom. The summed E-state index contributed by atoms with van der Waals surface area (Å²) in [7, 11) is 0. The Morgan fingerprint density at radius 3 is 2.75 bits per heavy atom. The van der Waals surface area contributed by atoms with Crippen LogP contribution in [0.1, 0.15) is 21.6 Å². The maximum atomic E-state index is 10.8. The van der Waals surface area contributed by atoms with E-state index in [1.807, 2.05) is 12.1 Å². The highest BCUT2D eigenvalue weighted by atomic mass is 16.4. The zero-order valence-corrected chi connectivity index (χ0v) is 11.1. The monoisotopic (exact) mass is 266 g/mol. The lowest BCUT2D eigenvalue weighted by atomic mass is 10.2. The van der Waals surface area contributed by atoms with Gasteiger partial charge in [0.15, 0.2) is 0 Å². The average molecular weight is 266 g/mol. The number of para-hydroxylation sites is 1. The van der Waals surface area contributed by atoms with Crippen molar-refractivity contribution in [2.45, 2.75) is 13.5 Å². The maximum absolute atomic E-state index is 10.8. The molecule has 0 radical (unpaired) electrons. The summed E-state index contributed by atoms with van der Waals surface area (Å²) in [6.45, 7) is 2.72. The lowest BCUT2D eigenvalue weighted by Crippen LogP contribution is -2.02. The molecule has 3 rings (SSSR count). The van der Waals surface area contributed by atoms with Gasteiger partial charge in [-0.25, -0.2) is 4.79 Å². The first-order valence-electron chi connectivity index (χ1n) is 6.38. The van der Waals surface area contributed by atoms with E-state index in [0.717, 1.165) is 11.2 Å². The predicted octanol–water partition coefficient (Wildman–Crippen LogP) is 3.09. The third-order valence-corrected chi connectivity index (χ3v) is 3.39. The van der Waals surface area contributed by atoms with E-state index in [9.17, 15) is 4.79 Å². The number of hydrogen-bond donors (Lipinski definition) is 1. The van der Waals surface area contributed by atoms with Crippen LogP contribution >= 0.6 is 0 Å². The number of fused-ring (bicyclic) bond motifs is 1. The molecule has 0 amide bonds. The number of carboxylic acid groups (broad SMARTS) is 1. The minimum absolute atomic E-state index is 0.210. The summed E-state index contributed by atoms with van der Waals surface area (Å²) >= 11 is 0. The van der Waals surface area contributed by atoms with Gasteiger partial charge in [0.1, 0.15) is 0 Å². The van der Waals surface area contributed by atoms with Crippen molar-refractivity contribution < 1.29 is 9.90 Å². The van der Waals surface area contributed by atoms with Gasteiger partial charge in [0.05, 0.1) is 17.8 Å². The van der Waals surface area contributed by atoms with Gasteiger partial charge in [0.2, 0.25) is 0 Å². The van der Waals surface area contributed by atoms with E-state index in [1.165, 1.54) is 17.1 Å². The molecule has 0 spiro atoms. The molecule has 4 nitrogen and oxygen atoms in total. The summed E-state index contributed by atoms with van der Waals surface area (Å²) in [6, 6.07) is 11.6. The number of aromatic carboxylic acids is 1. The molecule has 4 heteroatoms. The van der Waals surface area contributed by atoms with Crippen LogP contribution in [0.25, 0.3) is 10.9 Å². The zero-order valence-electron chi connectivity index (χ0n) is 11.1. The fourth-order valence-electron chi connectivity index (χ4n) is 2.38. The van der Waals surface area contributed by atoms with Crippen LogP contribution in [0.4, 0.5) is 0 Å². The van der Waals surface area contributed by atoms with Gasteiger partial charge < -0.3 is 9.67 Å². The number of benzene rings is 1. The number of carbonyl (C=O) groups is 1. The van der Waals surface area contributed by atoms with Gasteiger partial charge in [-0.05, 0) is 30.7 Å². The van der Waals surface area contributed by atoms with E-state index in [4.69, 9.17) is 5.11 Å². The molecule has 0 fully saturated rings. The summed E-state index contributed by atoms with van der Waals surface area (Å²) in [4.78, 5) is 15.0. The largest absolute Gasteiger partial charge is 0.478 e. The SMILES string of the molecule is Cc1cn(Cc2ccc(C(=O)O)cn2)c2ccccc12. The van der Waals surface area contributed by atoms with Crippen LogP contribution in [0.3, 0.4) is 0 Å². The molecule has 20 heavy (non-hydrogen) atoms. The first-order chi connectivity index (χ1) is 9.65. The summed E-state index contributed by atoms with van der Waals surface area (Å²) in [6.07, 6.45) is 3.49. The first kappa shape index (κ1) is 12.4. The van der Waals surface area contributed by atoms with Crippen LogP contribution in [0, 0.1) is 6.92 Å². The molecule has 1 aromatic carbocycles. The van der Waals surface area contributed by atoms with E-state index < -0.39 is 5.97 Å². The topological polar surface area (TPSA) is 55.1 Å². The van der Waals surface area contributed by atoms with Crippen LogP contribution < -0.4 is 0 Å². The number of rotatable bonds is 3. The highest BCUT2D eigenvalue weighted by molar-refractivity contribution is 5.87. The van der Waals surface area contributed by atoms with Crippen molar-refractivity contribution in [2.24, 2.45) is 0 Å². The van der Waals surface area contributed by atoms with Gasteiger partial charge in [0.25, 0.3) is 0 Å².